The van der Waals surface area contributed by atoms with Gasteiger partial charge in [0.05, 0.1) is 38.0 Å². The minimum Gasteiger partial charge on any atom is -0.495 e. The quantitative estimate of drug-likeness (QED) is 0.549. The molecule has 0 saturated heterocycles. The summed E-state index contributed by atoms with van der Waals surface area (Å²) in [4.78, 5) is 12.4. The molecule has 0 fully saturated rings. The minimum absolute atomic E-state index is 0.158. The third-order valence-electron chi connectivity index (χ3n) is 3.94. The average Bonchev–Trinajstić information content (AvgIpc) is 3.34. The van der Waals surface area contributed by atoms with Crippen molar-refractivity contribution in [3.05, 3.63) is 42.2 Å². The Balaban J connectivity index is 1.70. The molecule has 1 aromatic carbocycles. The number of nitrogens with zero attached hydrogens (tertiary/aromatic N) is 3. The molecule has 0 aliphatic heterocycles. The van der Waals surface area contributed by atoms with Gasteiger partial charge in [-0.1, -0.05) is 17.8 Å². The highest BCUT2D eigenvalue weighted by Crippen LogP contribution is 2.27. The molecule has 0 radical (unpaired) electrons. The van der Waals surface area contributed by atoms with Crippen molar-refractivity contribution < 1.29 is 18.7 Å². The van der Waals surface area contributed by atoms with Crippen LogP contribution in [0.3, 0.4) is 0 Å². The van der Waals surface area contributed by atoms with Crippen LogP contribution in [0.25, 0.3) is 11.6 Å². The van der Waals surface area contributed by atoms with Gasteiger partial charge >= 0.3 is 0 Å². The Hall–Kier alpha value is -2.78. The lowest BCUT2D eigenvalue weighted by Gasteiger charge is -2.11. The number of aryl methyl sites for hydroxylation is 1. The van der Waals surface area contributed by atoms with E-state index in [0.29, 0.717) is 41.3 Å². The summed E-state index contributed by atoms with van der Waals surface area (Å²) in [5.74, 6) is 1.86. The van der Waals surface area contributed by atoms with Crippen molar-refractivity contribution in [2.24, 2.45) is 0 Å². The molecule has 8 nitrogen and oxygen atoms in total. The van der Waals surface area contributed by atoms with E-state index in [2.05, 4.69) is 15.5 Å². The van der Waals surface area contributed by atoms with Crippen molar-refractivity contribution in [1.29, 1.82) is 0 Å². The minimum atomic E-state index is -0.158. The van der Waals surface area contributed by atoms with Gasteiger partial charge in [0, 0.05) is 7.11 Å². The van der Waals surface area contributed by atoms with Gasteiger partial charge in [0.15, 0.2) is 10.9 Å². The van der Waals surface area contributed by atoms with E-state index >= 15 is 0 Å². The summed E-state index contributed by atoms with van der Waals surface area (Å²) in [6, 6.07) is 9.24. The molecule has 3 aromatic rings. The maximum atomic E-state index is 12.4. The molecule has 0 unspecified atom stereocenters. The zero-order chi connectivity index (χ0) is 19.9. The third kappa shape index (κ3) is 4.73. The predicted octanol–water partition coefficient (Wildman–Crippen LogP) is 3.23. The number of benzene rings is 1. The number of thioether (sulfide) groups is 1. The second-order valence-corrected chi connectivity index (χ2v) is 6.91. The first-order chi connectivity index (χ1) is 13.6. The molecule has 1 N–H and O–H groups in total. The summed E-state index contributed by atoms with van der Waals surface area (Å²) in [5, 5.41) is 11.9. The van der Waals surface area contributed by atoms with Gasteiger partial charge in [-0.2, -0.15) is 0 Å². The van der Waals surface area contributed by atoms with Crippen LogP contribution in [-0.2, 0) is 16.1 Å². The molecule has 0 spiro atoms. The van der Waals surface area contributed by atoms with Gasteiger partial charge < -0.3 is 19.2 Å². The monoisotopic (exact) mass is 402 g/mol. The topological polar surface area (TPSA) is 91.4 Å². The zero-order valence-corrected chi connectivity index (χ0v) is 16.8. The molecule has 3 rings (SSSR count). The van der Waals surface area contributed by atoms with Crippen molar-refractivity contribution in [1.82, 2.24) is 14.8 Å². The molecule has 28 heavy (non-hydrogen) atoms. The number of rotatable bonds is 9. The number of carbonyl (C=O) groups is 1. The summed E-state index contributed by atoms with van der Waals surface area (Å²) in [7, 11) is 3.20. The standard InChI is InChI=1S/C19H22N4O4S/c1-13-6-7-15(26-3)14(11-13)20-17(24)12-28-19-22-21-18(16-5-4-9-27-16)23(19)8-10-25-2/h4-7,9,11H,8,10,12H2,1-3H3,(H,20,24). The highest BCUT2D eigenvalue weighted by Gasteiger charge is 2.17. The Morgan fingerprint density at radius 1 is 1.29 bits per heavy atom. The largest absolute Gasteiger partial charge is 0.495 e. The van der Waals surface area contributed by atoms with Crippen LogP contribution in [0, 0.1) is 6.92 Å². The number of methoxy groups -OCH3 is 2. The van der Waals surface area contributed by atoms with E-state index in [1.165, 1.54) is 11.8 Å². The molecule has 0 aliphatic rings. The highest BCUT2D eigenvalue weighted by atomic mass is 32.2. The first-order valence-electron chi connectivity index (χ1n) is 8.65. The summed E-state index contributed by atoms with van der Waals surface area (Å²) in [6.07, 6.45) is 1.58. The Morgan fingerprint density at radius 3 is 2.86 bits per heavy atom. The number of hydrogen-bond donors (Lipinski definition) is 1. The fourth-order valence-electron chi connectivity index (χ4n) is 2.60. The predicted molar refractivity (Wildman–Crippen MR) is 107 cm³/mol. The molecule has 0 bridgehead atoms. The maximum Gasteiger partial charge on any atom is 0.234 e. The number of anilines is 1. The average molecular weight is 402 g/mol. The van der Waals surface area contributed by atoms with E-state index in [-0.39, 0.29) is 11.7 Å². The Labute approximate surface area is 167 Å². The number of furan rings is 1. The molecule has 2 heterocycles. The number of carbonyl (C=O) groups excluding carboxylic acids is 1. The SMILES string of the molecule is COCCn1c(SCC(=O)Nc2cc(C)ccc2OC)nnc1-c1ccco1. The number of amides is 1. The van der Waals surface area contributed by atoms with E-state index in [4.69, 9.17) is 13.9 Å². The van der Waals surface area contributed by atoms with E-state index in [0.717, 1.165) is 5.56 Å². The van der Waals surface area contributed by atoms with Crippen LogP contribution < -0.4 is 10.1 Å². The lowest BCUT2D eigenvalue weighted by atomic mass is 10.2. The fraction of sp³-hybridized carbons (Fsp3) is 0.316. The number of aromatic nitrogens is 3. The lowest BCUT2D eigenvalue weighted by molar-refractivity contribution is -0.113. The van der Waals surface area contributed by atoms with Crippen LogP contribution in [0.5, 0.6) is 5.75 Å². The summed E-state index contributed by atoms with van der Waals surface area (Å²) in [5.41, 5.74) is 1.68. The van der Waals surface area contributed by atoms with Crippen LogP contribution in [-0.4, -0.2) is 47.3 Å². The van der Waals surface area contributed by atoms with Crippen LogP contribution in [0.2, 0.25) is 0 Å². The van der Waals surface area contributed by atoms with Crippen molar-refractivity contribution in [2.75, 3.05) is 31.9 Å². The van der Waals surface area contributed by atoms with Gasteiger partial charge in [0.1, 0.15) is 5.75 Å². The highest BCUT2D eigenvalue weighted by molar-refractivity contribution is 7.99. The van der Waals surface area contributed by atoms with Gasteiger partial charge in [-0.3, -0.25) is 9.36 Å². The van der Waals surface area contributed by atoms with Crippen molar-refractivity contribution in [2.45, 2.75) is 18.6 Å². The molecule has 0 atom stereocenters. The summed E-state index contributed by atoms with van der Waals surface area (Å²) >= 11 is 1.30. The molecule has 148 valence electrons. The van der Waals surface area contributed by atoms with Crippen LogP contribution >= 0.6 is 11.8 Å². The smallest absolute Gasteiger partial charge is 0.234 e. The zero-order valence-electron chi connectivity index (χ0n) is 16.0. The molecule has 0 aliphatic carbocycles. The molecule has 1 amide bonds. The normalized spacial score (nSPS) is 10.8. The first kappa shape index (κ1) is 20.0. The molecular formula is C19H22N4O4S. The molecule has 2 aromatic heterocycles. The first-order valence-corrected chi connectivity index (χ1v) is 9.64. The number of nitrogens with one attached hydrogen (secondary N) is 1. The van der Waals surface area contributed by atoms with E-state index < -0.39 is 0 Å². The van der Waals surface area contributed by atoms with Gasteiger partial charge in [0.2, 0.25) is 11.7 Å². The van der Waals surface area contributed by atoms with Crippen LogP contribution in [0.1, 0.15) is 5.56 Å². The molecular weight excluding hydrogens is 380 g/mol. The van der Waals surface area contributed by atoms with Gasteiger partial charge in [0.25, 0.3) is 0 Å². The maximum absolute atomic E-state index is 12.4. The number of ether oxygens (including phenoxy) is 2. The summed E-state index contributed by atoms with van der Waals surface area (Å²) in [6.45, 7) is 3.00. The molecule has 9 heteroatoms. The van der Waals surface area contributed by atoms with Crippen molar-refractivity contribution in [3.63, 3.8) is 0 Å². The van der Waals surface area contributed by atoms with E-state index in [1.807, 2.05) is 35.8 Å². The lowest BCUT2D eigenvalue weighted by Crippen LogP contribution is -2.16. The van der Waals surface area contributed by atoms with Gasteiger partial charge in [-0.25, -0.2) is 0 Å². The Kier molecular flexibility index (Phi) is 6.72. The van der Waals surface area contributed by atoms with Gasteiger partial charge in [-0.05, 0) is 36.8 Å². The second-order valence-electron chi connectivity index (χ2n) is 5.97. The Bertz CT molecular complexity index is 924. The van der Waals surface area contributed by atoms with E-state index in [9.17, 15) is 4.79 Å². The number of hydrogen-bond acceptors (Lipinski definition) is 7. The van der Waals surface area contributed by atoms with Crippen molar-refractivity contribution >= 4 is 23.4 Å². The van der Waals surface area contributed by atoms with Crippen LogP contribution in [0.15, 0.2) is 46.2 Å². The fourth-order valence-corrected chi connectivity index (χ4v) is 3.37. The third-order valence-corrected chi connectivity index (χ3v) is 4.91. The Morgan fingerprint density at radius 2 is 2.14 bits per heavy atom. The summed E-state index contributed by atoms with van der Waals surface area (Å²) < 4.78 is 17.8. The van der Waals surface area contributed by atoms with Gasteiger partial charge in [-0.15, -0.1) is 10.2 Å². The van der Waals surface area contributed by atoms with Crippen molar-refractivity contribution in [3.8, 4) is 17.3 Å². The second kappa shape index (κ2) is 9.43. The molecule has 0 saturated carbocycles. The van der Waals surface area contributed by atoms with E-state index in [1.54, 1.807) is 26.5 Å². The van der Waals surface area contributed by atoms with Crippen LogP contribution in [0.4, 0.5) is 5.69 Å².